The number of carboxylic acid groups (broad SMARTS) is 1. The number of aryl methyl sites for hydroxylation is 1. The van der Waals surface area contributed by atoms with Crippen LogP contribution in [-0.2, 0) is 4.79 Å². The minimum absolute atomic E-state index is 0.0622. The molecule has 2 aromatic rings. The van der Waals surface area contributed by atoms with Crippen molar-refractivity contribution in [1.29, 1.82) is 0 Å². The van der Waals surface area contributed by atoms with Crippen LogP contribution in [0.1, 0.15) is 28.2 Å². The molecule has 31 heavy (non-hydrogen) atoms. The van der Waals surface area contributed by atoms with Gasteiger partial charge in [-0.25, -0.2) is 14.6 Å². The number of aromatic nitrogens is 1. The largest absolute Gasteiger partial charge is 0.573 e. The van der Waals surface area contributed by atoms with Crippen molar-refractivity contribution in [1.82, 2.24) is 15.6 Å². The third kappa shape index (κ3) is 7.44. The fraction of sp³-hybridized carbons (Fsp3) is 0.333. The first kappa shape index (κ1) is 23.9. The molecule has 0 spiro atoms. The number of alkyl halides is 3. The topological polar surface area (TPSA) is 144 Å². The lowest BCUT2D eigenvalue weighted by atomic mass is 10.1. The summed E-state index contributed by atoms with van der Waals surface area (Å²) < 4.78 is 40.6. The van der Waals surface area contributed by atoms with Crippen molar-refractivity contribution in [2.24, 2.45) is 5.73 Å². The molecular formula is C18H19F3N4O5S. The average Bonchev–Trinajstić information content (AvgIpc) is 3.04. The van der Waals surface area contributed by atoms with Crippen molar-refractivity contribution in [3.05, 3.63) is 34.8 Å². The van der Waals surface area contributed by atoms with E-state index in [9.17, 15) is 32.7 Å². The summed E-state index contributed by atoms with van der Waals surface area (Å²) in [7, 11) is 0. The molecule has 1 aromatic carbocycles. The number of rotatable bonds is 9. The number of halogens is 3. The first-order valence-electron chi connectivity index (χ1n) is 8.87. The standard InChI is InChI=1S/C18H19F3N4O5S/c1-9-13(14(26)25-12(16(27)28)3-2-8-23-17(22)29)31-15(24-9)10-4-6-11(7-5-10)30-18(19,20)21/h4-7,12H,2-3,8H2,1H3,(H,25,26)(H,27,28)(H3,22,23,29)/t12-/m1/s1. The number of thiazole rings is 1. The highest BCUT2D eigenvalue weighted by atomic mass is 32.1. The molecule has 5 N–H and O–H groups in total. The Morgan fingerprint density at radius 1 is 1.26 bits per heavy atom. The van der Waals surface area contributed by atoms with E-state index >= 15 is 0 Å². The Balaban J connectivity index is 2.07. The number of urea groups is 1. The van der Waals surface area contributed by atoms with Crippen LogP contribution in [0.15, 0.2) is 24.3 Å². The Bertz CT molecular complexity index is 947. The Labute approximate surface area is 178 Å². The van der Waals surface area contributed by atoms with Crippen LogP contribution >= 0.6 is 11.3 Å². The van der Waals surface area contributed by atoms with Gasteiger partial charge in [0.2, 0.25) is 0 Å². The Morgan fingerprint density at radius 3 is 2.45 bits per heavy atom. The second-order valence-electron chi connectivity index (χ2n) is 6.30. The summed E-state index contributed by atoms with van der Waals surface area (Å²) in [5.41, 5.74) is 5.74. The zero-order valence-electron chi connectivity index (χ0n) is 16.2. The van der Waals surface area contributed by atoms with Gasteiger partial charge >= 0.3 is 18.4 Å². The molecule has 9 nitrogen and oxygen atoms in total. The van der Waals surface area contributed by atoms with Crippen LogP contribution in [0.5, 0.6) is 5.75 Å². The number of benzene rings is 1. The zero-order valence-corrected chi connectivity index (χ0v) is 17.0. The predicted molar refractivity (Wildman–Crippen MR) is 105 cm³/mol. The third-order valence-corrected chi connectivity index (χ3v) is 5.12. The van der Waals surface area contributed by atoms with Crippen LogP contribution in [0.2, 0.25) is 0 Å². The molecule has 0 aliphatic heterocycles. The number of amides is 3. The summed E-state index contributed by atoms with van der Waals surface area (Å²) in [4.78, 5) is 39.0. The Kier molecular flexibility index (Phi) is 7.80. The average molecular weight is 460 g/mol. The lowest BCUT2D eigenvalue weighted by molar-refractivity contribution is -0.274. The second kappa shape index (κ2) is 10.1. The number of nitrogens with two attached hydrogens (primary N) is 1. The normalized spacial score (nSPS) is 12.1. The maximum Gasteiger partial charge on any atom is 0.573 e. The number of hydrogen-bond donors (Lipinski definition) is 4. The highest BCUT2D eigenvalue weighted by Crippen LogP contribution is 2.30. The molecule has 0 bridgehead atoms. The van der Waals surface area contributed by atoms with Gasteiger partial charge in [-0.05, 0) is 44.0 Å². The Hall–Kier alpha value is -3.35. The van der Waals surface area contributed by atoms with Crippen LogP contribution < -0.4 is 21.1 Å². The zero-order chi connectivity index (χ0) is 23.2. The number of carbonyl (C=O) groups excluding carboxylic acids is 2. The number of carboxylic acids is 1. The molecule has 0 radical (unpaired) electrons. The maximum absolute atomic E-state index is 12.5. The van der Waals surface area contributed by atoms with E-state index in [2.05, 4.69) is 20.4 Å². The molecule has 0 fully saturated rings. The van der Waals surface area contributed by atoms with Gasteiger partial charge in [0.25, 0.3) is 5.91 Å². The van der Waals surface area contributed by atoms with Gasteiger partial charge < -0.3 is 26.2 Å². The molecule has 0 aliphatic carbocycles. The molecule has 0 saturated heterocycles. The number of nitrogens with one attached hydrogen (secondary N) is 2. The molecule has 1 aromatic heterocycles. The van der Waals surface area contributed by atoms with Gasteiger partial charge in [-0.15, -0.1) is 24.5 Å². The van der Waals surface area contributed by atoms with E-state index in [1.165, 1.54) is 12.1 Å². The van der Waals surface area contributed by atoms with Crippen molar-refractivity contribution in [3.8, 4) is 16.3 Å². The molecular weight excluding hydrogens is 441 g/mol. The molecule has 0 unspecified atom stereocenters. The number of ether oxygens (including phenoxy) is 1. The highest BCUT2D eigenvalue weighted by Gasteiger charge is 2.31. The van der Waals surface area contributed by atoms with Crippen molar-refractivity contribution >= 4 is 29.2 Å². The lowest BCUT2D eigenvalue weighted by Crippen LogP contribution is -2.41. The van der Waals surface area contributed by atoms with Crippen LogP contribution in [-0.4, -0.2) is 46.9 Å². The third-order valence-electron chi connectivity index (χ3n) is 3.91. The molecule has 1 heterocycles. The lowest BCUT2D eigenvalue weighted by Gasteiger charge is -2.14. The summed E-state index contributed by atoms with van der Waals surface area (Å²) in [5.74, 6) is -2.28. The SMILES string of the molecule is Cc1nc(-c2ccc(OC(F)(F)F)cc2)sc1C(=O)N[C@H](CCCNC(N)=O)C(=O)O. The van der Waals surface area contributed by atoms with Crippen molar-refractivity contribution < 1.29 is 37.4 Å². The minimum Gasteiger partial charge on any atom is -0.480 e. The molecule has 0 saturated carbocycles. The van der Waals surface area contributed by atoms with Crippen LogP contribution in [0.25, 0.3) is 10.6 Å². The first-order valence-corrected chi connectivity index (χ1v) is 9.68. The first-order chi connectivity index (χ1) is 14.5. The van der Waals surface area contributed by atoms with Gasteiger partial charge in [0.15, 0.2) is 0 Å². The van der Waals surface area contributed by atoms with E-state index in [-0.39, 0.29) is 24.3 Å². The quantitative estimate of drug-likeness (QED) is 0.424. The van der Waals surface area contributed by atoms with E-state index in [1.807, 2.05) is 0 Å². The van der Waals surface area contributed by atoms with Crippen molar-refractivity contribution in [2.75, 3.05) is 6.54 Å². The van der Waals surface area contributed by atoms with Gasteiger partial charge in [0, 0.05) is 12.1 Å². The monoisotopic (exact) mass is 460 g/mol. The van der Waals surface area contributed by atoms with Gasteiger partial charge in [0.05, 0.1) is 5.69 Å². The Morgan fingerprint density at radius 2 is 1.90 bits per heavy atom. The number of aliphatic carboxylic acids is 1. The minimum atomic E-state index is -4.80. The highest BCUT2D eigenvalue weighted by molar-refractivity contribution is 7.17. The van der Waals surface area contributed by atoms with Gasteiger partial charge in [-0.1, -0.05) is 0 Å². The van der Waals surface area contributed by atoms with E-state index in [4.69, 9.17) is 5.73 Å². The summed E-state index contributed by atoms with van der Waals surface area (Å²) in [6.07, 6.45) is -4.46. The van der Waals surface area contributed by atoms with E-state index in [0.717, 1.165) is 23.5 Å². The predicted octanol–water partition coefficient (Wildman–Crippen LogP) is 2.65. The molecule has 13 heteroatoms. The fourth-order valence-corrected chi connectivity index (χ4v) is 3.50. The summed E-state index contributed by atoms with van der Waals surface area (Å²) >= 11 is 0.973. The van der Waals surface area contributed by atoms with Crippen LogP contribution in [0.3, 0.4) is 0 Å². The van der Waals surface area contributed by atoms with Crippen molar-refractivity contribution in [3.63, 3.8) is 0 Å². The fourth-order valence-electron chi connectivity index (χ4n) is 2.53. The number of primary amides is 1. The van der Waals surface area contributed by atoms with Gasteiger partial charge in [0.1, 0.15) is 21.7 Å². The molecule has 168 valence electrons. The second-order valence-corrected chi connectivity index (χ2v) is 7.30. The van der Waals surface area contributed by atoms with E-state index in [0.29, 0.717) is 16.3 Å². The van der Waals surface area contributed by atoms with Crippen LogP contribution in [0.4, 0.5) is 18.0 Å². The van der Waals surface area contributed by atoms with E-state index < -0.39 is 36.1 Å². The van der Waals surface area contributed by atoms with Gasteiger partial charge in [-0.3, -0.25) is 4.79 Å². The molecule has 3 amide bonds. The smallest absolute Gasteiger partial charge is 0.480 e. The summed E-state index contributed by atoms with van der Waals surface area (Å²) in [5, 5.41) is 14.4. The van der Waals surface area contributed by atoms with Gasteiger partial charge in [-0.2, -0.15) is 0 Å². The van der Waals surface area contributed by atoms with E-state index in [1.54, 1.807) is 6.92 Å². The molecule has 0 aliphatic rings. The van der Waals surface area contributed by atoms with Crippen molar-refractivity contribution in [2.45, 2.75) is 32.2 Å². The maximum atomic E-state index is 12.5. The number of nitrogens with zero attached hydrogens (tertiary/aromatic N) is 1. The molecule has 2 rings (SSSR count). The number of hydrogen-bond acceptors (Lipinski definition) is 6. The summed E-state index contributed by atoms with van der Waals surface area (Å²) in [6.45, 7) is 1.72. The summed E-state index contributed by atoms with van der Waals surface area (Å²) in [6, 6.07) is 3.06. The van der Waals surface area contributed by atoms with Crippen LogP contribution in [0, 0.1) is 6.92 Å². The number of carbonyl (C=O) groups is 3. The molecule has 1 atom stereocenters.